The van der Waals surface area contributed by atoms with Crippen LogP contribution in [0.4, 0.5) is 10.6 Å². The number of aromatic nitrogens is 2. The Morgan fingerprint density at radius 3 is 2.39 bits per heavy atom. The first-order valence-electron chi connectivity index (χ1n) is 11.2. The van der Waals surface area contributed by atoms with Crippen molar-refractivity contribution in [2.45, 2.75) is 46.6 Å². The van der Waals surface area contributed by atoms with E-state index in [2.05, 4.69) is 31.4 Å². The normalized spacial score (nSPS) is 11.2. The van der Waals surface area contributed by atoms with Gasteiger partial charge in [-0.3, -0.25) is 4.79 Å². The molecule has 0 atom stereocenters. The van der Waals surface area contributed by atoms with E-state index in [4.69, 9.17) is 5.10 Å². The molecule has 3 amide bonds. The van der Waals surface area contributed by atoms with Gasteiger partial charge in [0.1, 0.15) is 12.4 Å². The van der Waals surface area contributed by atoms with Crippen molar-refractivity contribution in [2.75, 3.05) is 18.4 Å². The lowest BCUT2D eigenvalue weighted by Gasteiger charge is -2.22. The Hall–Kier alpha value is -3.61. The zero-order valence-electron chi connectivity index (χ0n) is 20.1. The third-order valence-electron chi connectivity index (χ3n) is 5.16. The molecule has 0 spiro atoms. The summed E-state index contributed by atoms with van der Waals surface area (Å²) < 4.78 is 1.75. The van der Waals surface area contributed by atoms with Crippen molar-refractivity contribution in [1.82, 2.24) is 20.0 Å². The Morgan fingerprint density at radius 2 is 1.76 bits per heavy atom. The molecule has 0 bridgehead atoms. The molecule has 7 heteroatoms. The number of carbonyl (C=O) groups excluding carboxylic acids is 2. The Balaban J connectivity index is 1.85. The SMILES string of the molecule is CCNC(=O)N(CC(=O)Nc1cc(C(C)(C)C)nn1-c1cccc(C)c1)Cc1ccccc1. The topological polar surface area (TPSA) is 79.3 Å². The maximum Gasteiger partial charge on any atom is 0.318 e. The van der Waals surface area contributed by atoms with Crippen LogP contribution in [-0.4, -0.2) is 39.7 Å². The number of aryl methyl sites for hydroxylation is 1. The number of amides is 3. The van der Waals surface area contributed by atoms with Crippen molar-refractivity contribution in [3.05, 3.63) is 77.5 Å². The van der Waals surface area contributed by atoms with E-state index in [0.29, 0.717) is 18.9 Å². The number of rotatable bonds is 7. The first-order chi connectivity index (χ1) is 15.7. The van der Waals surface area contributed by atoms with Crippen LogP contribution < -0.4 is 10.6 Å². The highest BCUT2D eigenvalue weighted by Crippen LogP contribution is 2.26. The van der Waals surface area contributed by atoms with Gasteiger partial charge in [0.15, 0.2) is 0 Å². The van der Waals surface area contributed by atoms with Crippen LogP contribution in [0.1, 0.15) is 44.5 Å². The molecule has 2 aromatic carbocycles. The summed E-state index contributed by atoms with van der Waals surface area (Å²) in [7, 11) is 0. The van der Waals surface area contributed by atoms with Crippen LogP contribution >= 0.6 is 0 Å². The molecule has 3 aromatic rings. The van der Waals surface area contributed by atoms with Crippen LogP contribution in [0.25, 0.3) is 5.69 Å². The lowest BCUT2D eigenvalue weighted by molar-refractivity contribution is -0.116. The van der Waals surface area contributed by atoms with Crippen LogP contribution in [0, 0.1) is 6.92 Å². The molecule has 2 N–H and O–H groups in total. The van der Waals surface area contributed by atoms with Gasteiger partial charge >= 0.3 is 6.03 Å². The predicted octanol–water partition coefficient (Wildman–Crippen LogP) is 4.65. The van der Waals surface area contributed by atoms with Crippen LogP contribution in [0.2, 0.25) is 0 Å². The first-order valence-corrected chi connectivity index (χ1v) is 11.2. The lowest BCUT2D eigenvalue weighted by atomic mass is 9.92. The third-order valence-corrected chi connectivity index (χ3v) is 5.16. The molecule has 0 aliphatic carbocycles. The second-order valence-electron chi connectivity index (χ2n) is 9.14. The van der Waals surface area contributed by atoms with Gasteiger partial charge in [0, 0.05) is 24.6 Å². The van der Waals surface area contributed by atoms with E-state index in [1.165, 1.54) is 4.90 Å². The molecule has 0 unspecified atom stereocenters. The molecule has 0 saturated carbocycles. The lowest BCUT2D eigenvalue weighted by Crippen LogP contribution is -2.43. The van der Waals surface area contributed by atoms with E-state index < -0.39 is 0 Å². The van der Waals surface area contributed by atoms with Crippen LogP contribution in [0.3, 0.4) is 0 Å². The van der Waals surface area contributed by atoms with Gasteiger partial charge in [0.25, 0.3) is 0 Å². The zero-order valence-corrected chi connectivity index (χ0v) is 20.1. The molecule has 0 aliphatic rings. The fourth-order valence-electron chi connectivity index (χ4n) is 3.42. The Morgan fingerprint density at radius 1 is 1.03 bits per heavy atom. The van der Waals surface area contributed by atoms with E-state index in [1.807, 2.05) is 74.5 Å². The summed E-state index contributed by atoms with van der Waals surface area (Å²) in [6.07, 6.45) is 0. The van der Waals surface area contributed by atoms with Crippen molar-refractivity contribution in [3.63, 3.8) is 0 Å². The van der Waals surface area contributed by atoms with Gasteiger partial charge in [0.05, 0.1) is 11.4 Å². The maximum absolute atomic E-state index is 13.1. The van der Waals surface area contributed by atoms with Crippen molar-refractivity contribution >= 4 is 17.8 Å². The largest absolute Gasteiger partial charge is 0.338 e. The average Bonchev–Trinajstić information content (AvgIpc) is 3.18. The summed E-state index contributed by atoms with van der Waals surface area (Å²) in [6.45, 7) is 10.9. The van der Waals surface area contributed by atoms with Crippen molar-refractivity contribution in [1.29, 1.82) is 0 Å². The standard InChI is InChI=1S/C26H33N5O2/c1-6-27-25(33)30(17-20-12-8-7-9-13-20)18-24(32)28-23-16-22(26(3,4)5)29-31(23)21-14-10-11-19(2)15-21/h7-16H,6,17-18H2,1-5H3,(H,27,33)(H,28,32). The Kier molecular flexibility index (Phi) is 7.53. The number of nitrogens with one attached hydrogen (secondary N) is 2. The second-order valence-corrected chi connectivity index (χ2v) is 9.14. The van der Waals surface area contributed by atoms with Crippen molar-refractivity contribution in [2.24, 2.45) is 0 Å². The molecule has 0 fully saturated rings. The van der Waals surface area contributed by atoms with E-state index >= 15 is 0 Å². The fraction of sp³-hybridized carbons (Fsp3) is 0.346. The van der Waals surface area contributed by atoms with E-state index in [9.17, 15) is 9.59 Å². The van der Waals surface area contributed by atoms with Gasteiger partial charge in [0.2, 0.25) is 5.91 Å². The molecule has 0 aliphatic heterocycles. The molecule has 7 nitrogen and oxygen atoms in total. The minimum absolute atomic E-state index is 0.0788. The van der Waals surface area contributed by atoms with Gasteiger partial charge in [-0.15, -0.1) is 0 Å². The monoisotopic (exact) mass is 447 g/mol. The Labute approximate surface area is 195 Å². The number of nitrogens with zero attached hydrogens (tertiary/aromatic N) is 3. The fourth-order valence-corrected chi connectivity index (χ4v) is 3.42. The van der Waals surface area contributed by atoms with Gasteiger partial charge in [-0.1, -0.05) is 63.2 Å². The number of urea groups is 1. The van der Waals surface area contributed by atoms with Gasteiger partial charge in [-0.2, -0.15) is 5.10 Å². The van der Waals surface area contributed by atoms with Crippen molar-refractivity contribution < 1.29 is 9.59 Å². The van der Waals surface area contributed by atoms with Gasteiger partial charge in [-0.05, 0) is 37.1 Å². The maximum atomic E-state index is 13.1. The molecule has 1 heterocycles. The number of carbonyl (C=O) groups is 2. The van der Waals surface area contributed by atoms with Crippen LogP contribution in [0.15, 0.2) is 60.7 Å². The summed E-state index contributed by atoms with van der Waals surface area (Å²) in [5.74, 6) is 0.289. The Bertz CT molecular complexity index is 1100. The number of hydrogen-bond donors (Lipinski definition) is 2. The molecular weight excluding hydrogens is 414 g/mol. The molecular formula is C26H33N5O2. The summed E-state index contributed by atoms with van der Waals surface area (Å²) in [6, 6.07) is 19.2. The second kappa shape index (κ2) is 10.3. The van der Waals surface area contributed by atoms with Gasteiger partial charge < -0.3 is 15.5 Å². The molecule has 1 aromatic heterocycles. The summed E-state index contributed by atoms with van der Waals surface area (Å²) >= 11 is 0. The smallest absolute Gasteiger partial charge is 0.318 e. The summed E-state index contributed by atoms with van der Waals surface area (Å²) in [5, 5.41) is 10.5. The molecule has 0 radical (unpaired) electrons. The van der Waals surface area contributed by atoms with Crippen molar-refractivity contribution in [3.8, 4) is 5.69 Å². The number of hydrogen-bond acceptors (Lipinski definition) is 3. The van der Waals surface area contributed by atoms with Gasteiger partial charge in [-0.25, -0.2) is 9.48 Å². The van der Waals surface area contributed by atoms with E-state index in [0.717, 1.165) is 22.5 Å². The minimum Gasteiger partial charge on any atom is -0.338 e. The highest BCUT2D eigenvalue weighted by Gasteiger charge is 2.23. The average molecular weight is 448 g/mol. The summed E-state index contributed by atoms with van der Waals surface area (Å²) in [4.78, 5) is 27.2. The molecule has 174 valence electrons. The molecule has 33 heavy (non-hydrogen) atoms. The molecule has 3 rings (SSSR count). The number of benzene rings is 2. The quantitative estimate of drug-likeness (QED) is 0.553. The van der Waals surface area contributed by atoms with Crippen LogP contribution in [-0.2, 0) is 16.8 Å². The highest BCUT2D eigenvalue weighted by atomic mass is 16.2. The van der Waals surface area contributed by atoms with E-state index in [-0.39, 0.29) is 23.9 Å². The first kappa shape index (κ1) is 24.0. The molecule has 0 saturated heterocycles. The predicted molar refractivity (Wildman–Crippen MR) is 132 cm³/mol. The summed E-state index contributed by atoms with van der Waals surface area (Å²) in [5.41, 5.74) is 3.60. The van der Waals surface area contributed by atoms with Crippen LogP contribution in [0.5, 0.6) is 0 Å². The van der Waals surface area contributed by atoms with E-state index in [1.54, 1.807) is 4.68 Å². The minimum atomic E-state index is -0.286. The zero-order chi connectivity index (χ0) is 24.0. The highest BCUT2D eigenvalue weighted by molar-refractivity contribution is 5.94. The number of anilines is 1. The third kappa shape index (κ3) is 6.44.